The van der Waals surface area contributed by atoms with Gasteiger partial charge in [-0.1, -0.05) is 6.92 Å². The maximum atomic E-state index is 11.4. The largest absolute Gasteiger partial charge is 0.384 e. The average molecular weight is 281 g/mol. The molecule has 0 fully saturated rings. The molecule has 1 rings (SSSR count). The summed E-state index contributed by atoms with van der Waals surface area (Å²) in [6, 6.07) is 4.36. The average Bonchev–Trinajstić information content (AvgIpc) is 2.44. The summed E-state index contributed by atoms with van der Waals surface area (Å²) in [6.07, 6.45) is 1.18. The number of nitrogens with two attached hydrogens (primary N) is 1. The van der Waals surface area contributed by atoms with Crippen molar-refractivity contribution in [2.75, 3.05) is 23.8 Å². The Balaban J connectivity index is 2.57. The number of anilines is 2. The molecule has 0 aromatic heterocycles. The number of benzene rings is 1. The highest BCUT2D eigenvalue weighted by atomic mass is 16.6. The maximum absolute atomic E-state index is 11.4. The van der Waals surface area contributed by atoms with Crippen molar-refractivity contribution in [2.24, 2.45) is 5.84 Å². The van der Waals surface area contributed by atoms with Crippen LogP contribution in [0.1, 0.15) is 19.8 Å². The number of hydrazine groups is 1. The van der Waals surface area contributed by atoms with Gasteiger partial charge in [-0.15, -0.1) is 0 Å². The van der Waals surface area contributed by atoms with Crippen LogP contribution < -0.4 is 21.9 Å². The molecule has 20 heavy (non-hydrogen) atoms. The van der Waals surface area contributed by atoms with Crippen LogP contribution in [0, 0.1) is 10.1 Å². The zero-order valence-electron chi connectivity index (χ0n) is 11.3. The molecule has 0 aliphatic carbocycles. The van der Waals surface area contributed by atoms with Crippen LogP contribution in [0.25, 0.3) is 0 Å². The number of hydrogen-bond acceptors (Lipinski definition) is 6. The van der Waals surface area contributed by atoms with E-state index in [-0.39, 0.29) is 11.6 Å². The first kappa shape index (κ1) is 15.7. The Bertz CT molecular complexity index is 478. The molecule has 0 unspecified atom stereocenters. The van der Waals surface area contributed by atoms with Gasteiger partial charge in [0.05, 0.1) is 10.6 Å². The summed E-state index contributed by atoms with van der Waals surface area (Å²) >= 11 is 0. The van der Waals surface area contributed by atoms with Crippen molar-refractivity contribution >= 4 is 23.0 Å². The van der Waals surface area contributed by atoms with Crippen molar-refractivity contribution in [3.05, 3.63) is 28.3 Å². The quantitative estimate of drug-likeness (QED) is 0.323. The summed E-state index contributed by atoms with van der Waals surface area (Å²) in [7, 11) is 0. The molecule has 0 radical (unpaired) electrons. The van der Waals surface area contributed by atoms with Crippen LogP contribution in [0.3, 0.4) is 0 Å². The van der Waals surface area contributed by atoms with Crippen molar-refractivity contribution in [1.82, 2.24) is 5.32 Å². The van der Waals surface area contributed by atoms with Gasteiger partial charge in [-0.25, -0.2) is 0 Å². The predicted octanol–water partition coefficient (Wildman–Crippen LogP) is 1.21. The molecule has 8 heteroatoms. The van der Waals surface area contributed by atoms with Gasteiger partial charge >= 0.3 is 0 Å². The van der Waals surface area contributed by atoms with Gasteiger partial charge in [0.2, 0.25) is 5.91 Å². The number of nitrogens with zero attached hydrogens (tertiary/aromatic N) is 1. The number of non-ortho nitro benzene ring substituents is 1. The topological polar surface area (TPSA) is 122 Å². The number of rotatable bonds is 8. The Labute approximate surface area is 116 Å². The first-order valence-corrected chi connectivity index (χ1v) is 6.33. The third kappa shape index (κ3) is 5.11. The fourth-order valence-electron chi connectivity index (χ4n) is 1.58. The molecule has 0 spiro atoms. The number of nitrogen functional groups attached to an aromatic ring is 1. The Morgan fingerprint density at radius 2 is 2.00 bits per heavy atom. The lowest BCUT2D eigenvalue weighted by Gasteiger charge is -2.08. The Morgan fingerprint density at radius 3 is 2.60 bits per heavy atom. The molecule has 1 aromatic rings. The number of hydrogen-bond donors (Lipinski definition) is 4. The predicted molar refractivity (Wildman–Crippen MR) is 77.3 cm³/mol. The van der Waals surface area contributed by atoms with E-state index in [1.807, 2.05) is 6.92 Å². The first-order chi connectivity index (χ1) is 9.56. The highest BCUT2D eigenvalue weighted by Crippen LogP contribution is 2.23. The maximum Gasteiger partial charge on any atom is 0.273 e. The van der Waals surface area contributed by atoms with E-state index in [0.717, 1.165) is 6.42 Å². The van der Waals surface area contributed by atoms with Crippen LogP contribution in [-0.4, -0.2) is 23.9 Å². The number of nitrogens with one attached hydrogen (secondary N) is 3. The second-order valence-electron chi connectivity index (χ2n) is 4.20. The summed E-state index contributed by atoms with van der Waals surface area (Å²) in [4.78, 5) is 21.7. The van der Waals surface area contributed by atoms with E-state index < -0.39 is 4.92 Å². The number of carbonyl (C=O) groups excluding carboxylic acids is 1. The van der Waals surface area contributed by atoms with E-state index in [1.165, 1.54) is 12.1 Å². The first-order valence-electron chi connectivity index (χ1n) is 6.33. The van der Waals surface area contributed by atoms with Gasteiger partial charge in [0, 0.05) is 37.3 Å². The van der Waals surface area contributed by atoms with Crippen molar-refractivity contribution in [3.63, 3.8) is 0 Å². The third-order valence-corrected chi connectivity index (χ3v) is 2.55. The van der Waals surface area contributed by atoms with Crippen LogP contribution >= 0.6 is 0 Å². The molecular weight excluding hydrogens is 262 g/mol. The number of amides is 1. The molecule has 0 bridgehead atoms. The standard InChI is InChI=1S/C12H19N5O3/c1-2-4-15-12(18)3-5-14-9-6-10(16-13)8-11(7-9)17(19)20/h6-8,14,16H,2-5,13H2,1H3,(H,15,18). The van der Waals surface area contributed by atoms with Gasteiger partial charge in [-0.2, -0.15) is 0 Å². The van der Waals surface area contributed by atoms with E-state index in [2.05, 4.69) is 16.1 Å². The fourth-order valence-corrected chi connectivity index (χ4v) is 1.58. The molecule has 5 N–H and O–H groups in total. The van der Waals surface area contributed by atoms with Gasteiger partial charge in [-0.3, -0.25) is 20.8 Å². The lowest BCUT2D eigenvalue weighted by molar-refractivity contribution is -0.384. The second-order valence-corrected chi connectivity index (χ2v) is 4.20. The minimum absolute atomic E-state index is 0.0537. The fraction of sp³-hybridized carbons (Fsp3) is 0.417. The van der Waals surface area contributed by atoms with Gasteiger partial charge in [-0.05, 0) is 12.5 Å². The monoisotopic (exact) mass is 281 g/mol. The summed E-state index contributed by atoms with van der Waals surface area (Å²) in [5.74, 6) is 5.20. The zero-order valence-corrected chi connectivity index (χ0v) is 11.3. The summed E-state index contributed by atoms with van der Waals surface area (Å²) in [5.41, 5.74) is 3.26. The SMILES string of the molecule is CCCNC(=O)CCNc1cc(NN)cc([N+](=O)[O-])c1. The molecule has 0 atom stereocenters. The van der Waals surface area contributed by atoms with Crippen LogP contribution in [0.5, 0.6) is 0 Å². The molecular formula is C12H19N5O3. The van der Waals surface area contributed by atoms with E-state index in [0.29, 0.717) is 30.9 Å². The lowest BCUT2D eigenvalue weighted by atomic mass is 10.2. The van der Waals surface area contributed by atoms with Crippen molar-refractivity contribution < 1.29 is 9.72 Å². The molecule has 0 aliphatic heterocycles. The highest BCUT2D eigenvalue weighted by molar-refractivity contribution is 5.76. The molecule has 110 valence electrons. The molecule has 0 saturated heterocycles. The molecule has 1 amide bonds. The third-order valence-electron chi connectivity index (χ3n) is 2.55. The molecule has 0 saturated carbocycles. The molecule has 0 heterocycles. The number of carbonyl (C=O) groups is 1. The summed E-state index contributed by atoms with van der Waals surface area (Å²) < 4.78 is 0. The Kier molecular flexibility index (Phi) is 6.24. The second kappa shape index (κ2) is 7.95. The van der Waals surface area contributed by atoms with Gasteiger partial charge < -0.3 is 16.1 Å². The number of nitro benzene ring substituents is 1. The highest BCUT2D eigenvalue weighted by Gasteiger charge is 2.09. The Morgan fingerprint density at radius 1 is 1.30 bits per heavy atom. The van der Waals surface area contributed by atoms with Crippen molar-refractivity contribution in [2.45, 2.75) is 19.8 Å². The minimum atomic E-state index is -0.500. The van der Waals surface area contributed by atoms with E-state index in [9.17, 15) is 14.9 Å². The minimum Gasteiger partial charge on any atom is -0.384 e. The molecule has 8 nitrogen and oxygen atoms in total. The zero-order chi connectivity index (χ0) is 15.0. The summed E-state index contributed by atoms with van der Waals surface area (Å²) in [5, 5.41) is 16.5. The van der Waals surface area contributed by atoms with Crippen LogP contribution in [0.15, 0.2) is 18.2 Å². The lowest BCUT2D eigenvalue weighted by Crippen LogP contribution is -2.25. The van der Waals surface area contributed by atoms with E-state index in [1.54, 1.807) is 6.07 Å². The van der Waals surface area contributed by atoms with Crippen molar-refractivity contribution in [3.8, 4) is 0 Å². The van der Waals surface area contributed by atoms with Crippen LogP contribution in [0.2, 0.25) is 0 Å². The van der Waals surface area contributed by atoms with Crippen LogP contribution in [-0.2, 0) is 4.79 Å². The van der Waals surface area contributed by atoms with Gasteiger partial charge in [0.15, 0.2) is 0 Å². The van der Waals surface area contributed by atoms with Gasteiger partial charge in [0.1, 0.15) is 0 Å². The van der Waals surface area contributed by atoms with E-state index >= 15 is 0 Å². The van der Waals surface area contributed by atoms with Crippen LogP contribution in [0.4, 0.5) is 17.1 Å². The van der Waals surface area contributed by atoms with E-state index in [4.69, 9.17) is 5.84 Å². The number of nitro groups is 1. The normalized spacial score (nSPS) is 9.90. The molecule has 1 aromatic carbocycles. The Hall–Kier alpha value is -2.35. The van der Waals surface area contributed by atoms with Gasteiger partial charge in [0.25, 0.3) is 5.69 Å². The molecule has 0 aliphatic rings. The summed E-state index contributed by atoms with van der Waals surface area (Å²) in [6.45, 7) is 3.01. The van der Waals surface area contributed by atoms with Crippen molar-refractivity contribution in [1.29, 1.82) is 0 Å². The smallest absolute Gasteiger partial charge is 0.273 e.